The van der Waals surface area contributed by atoms with E-state index in [-0.39, 0.29) is 0 Å². The fourth-order valence-corrected chi connectivity index (χ4v) is 6.79. The highest BCUT2D eigenvalue weighted by Crippen LogP contribution is 2.37. The van der Waals surface area contributed by atoms with Gasteiger partial charge in [-0.25, -0.2) is 9.97 Å². The molecule has 9 rings (SSSR count). The molecule has 3 nitrogen and oxygen atoms in total. The van der Waals surface area contributed by atoms with Gasteiger partial charge in [-0.15, -0.1) is 0 Å². The van der Waals surface area contributed by atoms with Crippen molar-refractivity contribution in [2.45, 2.75) is 0 Å². The van der Waals surface area contributed by atoms with Crippen LogP contribution in [0.5, 0.6) is 0 Å². The van der Waals surface area contributed by atoms with Crippen molar-refractivity contribution in [3.05, 3.63) is 176 Å². The fourth-order valence-electron chi connectivity index (χ4n) is 6.79. The van der Waals surface area contributed by atoms with E-state index in [1.807, 2.05) is 12.3 Å². The van der Waals surface area contributed by atoms with Gasteiger partial charge < -0.3 is 0 Å². The van der Waals surface area contributed by atoms with Crippen molar-refractivity contribution < 1.29 is 0 Å². The lowest BCUT2D eigenvalue weighted by molar-refractivity contribution is 1.19. The minimum atomic E-state index is 0.704. The van der Waals surface area contributed by atoms with Gasteiger partial charge in [0.15, 0.2) is 5.82 Å². The Morgan fingerprint density at radius 1 is 0.333 bits per heavy atom. The third kappa shape index (κ3) is 4.99. The summed E-state index contributed by atoms with van der Waals surface area (Å²) in [5.41, 5.74) is 9.40. The first-order valence-corrected chi connectivity index (χ1v) is 16.2. The van der Waals surface area contributed by atoms with Crippen LogP contribution in [0.3, 0.4) is 0 Å². The summed E-state index contributed by atoms with van der Waals surface area (Å²) in [7, 11) is 0. The highest BCUT2D eigenvalue weighted by atomic mass is 14.9. The zero-order chi connectivity index (χ0) is 31.9. The van der Waals surface area contributed by atoms with Crippen LogP contribution in [-0.2, 0) is 0 Å². The highest BCUT2D eigenvalue weighted by Gasteiger charge is 2.15. The molecule has 224 valence electrons. The molecule has 0 bridgehead atoms. The number of hydrogen-bond donors (Lipinski definition) is 0. The number of hydrogen-bond acceptors (Lipinski definition) is 3. The first-order chi connectivity index (χ1) is 23.8. The predicted molar refractivity (Wildman–Crippen MR) is 200 cm³/mol. The van der Waals surface area contributed by atoms with E-state index in [9.17, 15) is 0 Å². The Balaban J connectivity index is 1.20. The molecule has 48 heavy (non-hydrogen) atoms. The second-order valence-electron chi connectivity index (χ2n) is 12.1. The summed E-state index contributed by atoms with van der Waals surface area (Å²) >= 11 is 0. The number of fused-ring (bicyclic) bond motifs is 4. The third-order valence-electron chi connectivity index (χ3n) is 9.17. The molecule has 2 aromatic heterocycles. The SMILES string of the molecule is c1cncc(-c2cccc(-c3cc(-c4ccc(-c5cc6ccccc6c6ccccc56)cc4)nc(-c4cccc5ccccc45)n3)c2)c1. The summed E-state index contributed by atoms with van der Waals surface area (Å²) < 4.78 is 0. The standard InChI is InChI=1S/C45H29N3/c1-3-16-37-30(10-1)12-8-20-41(37)45-47-43(28-44(48-45)35-14-7-13-33(26-35)36-15-9-25-46-29-36)32-23-21-31(22-24-32)42-27-34-11-2-4-17-38(34)39-18-5-6-19-40(39)42/h1-29H. The Labute approximate surface area is 278 Å². The largest absolute Gasteiger partial charge is 0.264 e. The van der Waals surface area contributed by atoms with Crippen LogP contribution in [0.25, 0.3) is 88.5 Å². The monoisotopic (exact) mass is 611 g/mol. The average molecular weight is 612 g/mol. The molecular weight excluding hydrogens is 583 g/mol. The maximum absolute atomic E-state index is 5.20. The summed E-state index contributed by atoms with van der Waals surface area (Å²) in [5, 5.41) is 7.32. The van der Waals surface area contributed by atoms with Crippen molar-refractivity contribution in [3.8, 4) is 56.2 Å². The van der Waals surface area contributed by atoms with E-state index in [1.54, 1.807) is 6.20 Å². The first kappa shape index (κ1) is 27.8. The minimum Gasteiger partial charge on any atom is -0.264 e. The van der Waals surface area contributed by atoms with Crippen LogP contribution in [0.15, 0.2) is 176 Å². The van der Waals surface area contributed by atoms with Gasteiger partial charge >= 0.3 is 0 Å². The normalized spacial score (nSPS) is 11.3. The second kappa shape index (κ2) is 11.7. The molecule has 7 aromatic carbocycles. The lowest BCUT2D eigenvalue weighted by Crippen LogP contribution is -1.97. The van der Waals surface area contributed by atoms with Gasteiger partial charge in [-0.2, -0.15) is 0 Å². The predicted octanol–water partition coefficient (Wildman–Crippen LogP) is 11.7. The molecule has 0 N–H and O–H groups in total. The van der Waals surface area contributed by atoms with Crippen LogP contribution in [0.2, 0.25) is 0 Å². The summed E-state index contributed by atoms with van der Waals surface area (Å²) in [6.45, 7) is 0. The number of benzene rings is 7. The molecule has 0 radical (unpaired) electrons. The van der Waals surface area contributed by atoms with E-state index in [1.165, 1.54) is 32.7 Å². The van der Waals surface area contributed by atoms with Crippen molar-refractivity contribution >= 4 is 32.3 Å². The van der Waals surface area contributed by atoms with Crippen LogP contribution in [0.4, 0.5) is 0 Å². The van der Waals surface area contributed by atoms with E-state index in [2.05, 4.69) is 163 Å². The molecule has 0 aliphatic carbocycles. The zero-order valence-electron chi connectivity index (χ0n) is 26.1. The van der Waals surface area contributed by atoms with Gasteiger partial charge in [0.25, 0.3) is 0 Å². The van der Waals surface area contributed by atoms with Crippen LogP contribution in [0.1, 0.15) is 0 Å². The van der Waals surface area contributed by atoms with Gasteiger partial charge in [0, 0.05) is 34.6 Å². The van der Waals surface area contributed by atoms with Gasteiger partial charge in [0.05, 0.1) is 11.4 Å². The molecule has 0 atom stereocenters. The van der Waals surface area contributed by atoms with Crippen LogP contribution >= 0.6 is 0 Å². The smallest absolute Gasteiger partial charge is 0.161 e. The van der Waals surface area contributed by atoms with Crippen molar-refractivity contribution in [2.24, 2.45) is 0 Å². The van der Waals surface area contributed by atoms with Crippen LogP contribution in [-0.4, -0.2) is 15.0 Å². The van der Waals surface area contributed by atoms with Gasteiger partial charge in [-0.05, 0) is 73.3 Å². The van der Waals surface area contributed by atoms with Crippen molar-refractivity contribution in [2.75, 3.05) is 0 Å². The Morgan fingerprint density at radius 2 is 0.958 bits per heavy atom. The first-order valence-electron chi connectivity index (χ1n) is 16.2. The average Bonchev–Trinajstić information content (AvgIpc) is 3.17. The zero-order valence-corrected chi connectivity index (χ0v) is 26.1. The van der Waals surface area contributed by atoms with Crippen molar-refractivity contribution in [1.29, 1.82) is 0 Å². The molecule has 3 heteroatoms. The Kier molecular flexibility index (Phi) is 6.80. The third-order valence-corrected chi connectivity index (χ3v) is 9.17. The molecule has 0 unspecified atom stereocenters. The molecule has 9 aromatic rings. The Morgan fingerprint density at radius 3 is 1.77 bits per heavy atom. The molecule has 0 saturated heterocycles. The van der Waals surface area contributed by atoms with E-state index < -0.39 is 0 Å². The Bertz CT molecular complexity index is 2600. The van der Waals surface area contributed by atoms with E-state index in [0.29, 0.717) is 5.82 Å². The number of pyridine rings is 1. The maximum Gasteiger partial charge on any atom is 0.161 e. The Hall–Kier alpha value is -6.45. The van der Waals surface area contributed by atoms with Crippen LogP contribution in [0, 0.1) is 0 Å². The summed E-state index contributed by atoms with van der Waals surface area (Å²) in [4.78, 5) is 14.7. The lowest BCUT2D eigenvalue weighted by atomic mass is 9.92. The van der Waals surface area contributed by atoms with Gasteiger partial charge in [-0.1, -0.05) is 140 Å². The van der Waals surface area contributed by atoms with Crippen molar-refractivity contribution in [1.82, 2.24) is 15.0 Å². The summed E-state index contributed by atoms with van der Waals surface area (Å²) in [5.74, 6) is 0.704. The molecule has 0 fully saturated rings. The van der Waals surface area contributed by atoms with Gasteiger partial charge in [0.1, 0.15) is 0 Å². The fraction of sp³-hybridized carbons (Fsp3) is 0. The van der Waals surface area contributed by atoms with Crippen LogP contribution < -0.4 is 0 Å². The summed E-state index contributed by atoms with van der Waals surface area (Å²) in [6, 6.07) is 57.8. The molecule has 0 amide bonds. The van der Waals surface area contributed by atoms with E-state index >= 15 is 0 Å². The molecule has 0 spiro atoms. The molecule has 0 aliphatic rings. The molecular formula is C45H29N3. The highest BCUT2D eigenvalue weighted by molar-refractivity contribution is 6.13. The maximum atomic E-state index is 5.20. The molecule has 0 saturated carbocycles. The number of rotatable bonds is 5. The minimum absolute atomic E-state index is 0.704. The van der Waals surface area contributed by atoms with Gasteiger partial charge in [-0.3, -0.25) is 4.98 Å². The quantitative estimate of drug-likeness (QED) is 0.182. The summed E-state index contributed by atoms with van der Waals surface area (Å²) in [6.07, 6.45) is 3.70. The van der Waals surface area contributed by atoms with E-state index in [0.717, 1.165) is 50.0 Å². The number of aromatic nitrogens is 3. The molecule has 2 heterocycles. The van der Waals surface area contributed by atoms with Crippen molar-refractivity contribution in [3.63, 3.8) is 0 Å². The van der Waals surface area contributed by atoms with E-state index in [4.69, 9.17) is 9.97 Å². The van der Waals surface area contributed by atoms with Gasteiger partial charge in [0.2, 0.25) is 0 Å². The number of nitrogens with zero attached hydrogens (tertiary/aromatic N) is 3. The topological polar surface area (TPSA) is 38.7 Å². The second-order valence-corrected chi connectivity index (χ2v) is 12.1. The molecule has 0 aliphatic heterocycles. The lowest BCUT2D eigenvalue weighted by Gasteiger charge is -2.13.